The van der Waals surface area contributed by atoms with Crippen molar-refractivity contribution in [1.29, 1.82) is 0 Å². The predicted molar refractivity (Wildman–Crippen MR) is 191 cm³/mol. The zero-order valence-corrected chi connectivity index (χ0v) is 28.6. The second kappa shape index (κ2) is 19.5. The fraction of sp³-hybridized carbons (Fsp3) is 0.371. The van der Waals surface area contributed by atoms with Crippen molar-refractivity contribution in [3.63, 3.8) is 0 Å². The standard InChI is InChI=1S/C17H16F2N4O.C15H14F2N2O2.C2H6N2O.CH4.B2/c1-10-21-22-17(24-10)15-14-5-3-2-4-8-23(14)16(20-15)11-6-7-12(18)13(19)9-11;16-10-6-5-9(8-11(10)17)14-18-13(15(20)21)12-4-2-1-3-7-19(12)14;1-2(5)4-3;;1-2/h6-7,9H,2-5,8H2,1H3;5-6,8H,1-4,7H2,(H,20,21);3H2,1H3,(H,4,5);1H4;. The van der Waals surface area contributed by atoms with Crippen molar-refractivity contribution >= 4 is 27.4 Å². The molecule has 0 atom stereocenters. The minimum Gasteiger partial charge on any atom is -0.476 e. The van der Waals surface area contributed by atoms with Gasteiger partial charge in [-0.15, -0.1) is 10.2 Å². The number of carboxylic acids is 1. The van der Waals surface area contributed by atoms with Crippen LogP contribution in [0.2, 0.25) is 0 Å². The predicted octanol–water partition coefficient (Wildman–Crippen LogP) is 6.04. The number of halogens is 4. The van der Waals surface area contributed by atoms with E-state index in [4.69, 9.17) is 4.42 Å². The normalized spacial score (nSPS) is 13.0. The first-order valence-corrected chi connectivity index (χ1v) is 16.4. The van der Waals surface area contributed by atoms with Crippen LogP contribution in [0.25, 0.3) is 34.4 Å². The second-order valence-electron chi connectivity index (χ2n) is 11.8. The van der Waals surface area contributed by atoms with E-state index in [1.807, 2.05) is 9.99 Å². The highest BCUT2D eigenvalue weighted by Gasteiger charge is 2.26. The third-order valence-corrected chi connectivity index (χ3v) is 8.23. The van der Waals surface area contributed by atoms with Crippen LogP contribution < -0.4 is 11.3 Å². The van der Waals surface area contributed by atoms with Gasteiger partial charge < -0.3 is 18.7 Å². The summed E-state index contributed by atoms with van der Waals surface area (Å²) in [6.07, 6.45) is 7.48. The molecular weight excluding hydrogens is 694 g/mol. The molecule has 53 heavy (non-hydrogen) atoms. The van der Waals surface area contributed by atoms with E-state index in [0.29, 0.717) is 58.9 Å². The van der Waals surface area contributed by atoms with Gasteiger partial charge in [0.2, 0.25) is 11.8 Å². The Morgan fingerprint density at radius 1 is 0.792 bits per heavy atom. The summed E-state index contributed by atoms with van der Waals surface area (Å²) in [5.41, 5.74) is 5.15. The maximum atomic E-state index is 13.7. The van der Waals surface area contributed by atoms with Crippen LogP contribution in [0.3, 0.4) is 0 Å². The third-order valence-electron chi connectivity index (χ3n) is 8.23. The molecule has 5 heterocycles. The summed E-state index contributed by atoms with van der Waals surface area (Å²) in [6, 6.07) is 7.36. The zero-order chi connectivity index (χ0) is 37.9. The Balaban J connectivity index is 0.000000241. The van der Waals surface area contributed by atoms with E-state index in [9.17, 15) is 32.3 Å². The molecule has 0 fully saturated rings. The lowest BCUT2D eigenvalue weighted by molar-refractivity contribution is -0.119. The van der Waals surface area contributed by atoms with Gasteiger partial charge in [-0.2, -0.15) is 0 Å². The molecule has 7 rings (SSSR count). The number of nitrogens with two attached hydrogens (primary N) is 1. The molecule has 278 valence electrons. The number of hydrogen-bond donors (Lipinski definition) is 3. The van der Waals surface area contributed by atoms with Crippen molar-refractivity contribution < 1.29 is 36.7 Å². The van der Waals surface area contributed by atoms with Crippen molar-refractivity contribution in [3.05, 3.63) is 82.6 Å². The van der Waals surface area contributed by atoms with Crippen LogP contribution in [0.5, 0.6) is 0 Å². The molecule has 0 saturated carbocycles. The number of imidazole rings is 2. The summed E-state index contributed by atoms with van der Waals surface area (Å²) in [4.78, 5) is 29.7. The molecular formula is C35H40B2F4N8O4. The Bertz CT molecular complexity index is 2020. The first-order valence-electron chi connectivity index (χ1n) is 16.4. The summed E-state index contributed by atoms with van der Waals surface area (Å²) < 4.78 is 62.8. The first-order chi connectivity index (χ1) is 25.0. The molecule has 4 radical (unpaired) electrons. The number of carbonyl (C=O) groups is 2. The fourth-order valence-corrected chi connectivity index (χ4v) is 5.89. The topological polar surface area (TPSA) is 167 Å². The van der Waals surface area contributed by atoms with Crippen LogP contribution in [0.1, 0.15) is 80.6 Å². The number of aromatic nitrogens is 6. The van der Waals surface area contributed by atoms with Crippen molar-refractivity contribution in [3.8, 4) is 34.4 Å². The molecule has 0 bridgehead atoms. The highest BCUT2D eigenvalue weighted by Crippen LogP contribution is 2.33. The van der Waals surface area contributed by atoms with E-state index in [-0.39, 0.29) is 19.0 Å². The van der Waals surface area contributed by atoms with Crippen LogP contribution in [0.4, 0.5) is 17.6 Å². The number of aryl methyl sites for hydroxylation is 1. The van der Waals surface area contributed by atoms with Crippen LogP contribution in [-0.4, -0.2) is 61.8 Å². The lowest BCUT2D eigenvalue weighted by Gasteiger charge is -2.09. The molecule has 12 nitrogen and oxygen atoms in total. The molecule has 4 N–H and O–H groups in total. The van der Waals surface area contributed by atoms with Gasteiger partial charge in [0.1, 0.15) is 17.3 Å². The number of fused-ring (bicyclic) bond motifs is 2. The number of nitrogens with zero attached hydrogens (tertiary/aromatic N) is 6. The van der Waals surface area contributed by atoms with E-state index in [0.717, 1.165) is 75.4 Å². The Morgan fingerprint density at radius 2 is 1.28 bits per heavy atom. The summed E-state index contributed by atoms with van der Waals surface area (Å²) in [5.74, 6) is 1.46. The lowest BCUT2D eigenvalue weighted by Crippen LogP contribution is -2.26. The number of hydrazine groups is 1. The van der Waals surface area contributed by atoms with Gasteiger partial charge in [0.05, 0.1) is 11.4 Å². The molecule has 2 aliphatic rings. The molecule has 18 heteroatoms. The van der Waals surface area contributed by atoms with Crippen LogP contribution in [0, 0.1) is 30.2 Å². The Kier molecular flexibility index (Phi) is 15.6. The second-order valence-corrected chi connectivity index (χ2v) is 11.8. The van der Waals surface area contributed by atoms with E-state index >= 15 is 0 Å². The Morgan fingerprint density at radius 3 is 1.74 bits per heavy atom. The Hall–Kier alpha value is -5.25. The molecule has 3 aromatic heterocycles. The average molecular weight is 734 g/mol. The van der Waals surface area contributed by atoms with Gasteiger partial charge in [-0.05, 0) is 74.9 Å². The van der Waals surface area contributed by atoms with Gasteiger partial charge in [-0.3, -0.25) is 10.2 Å². The molecule has 1 amide bonds. The number of amides is 1. The number of benzene rings is 2. The van der Waals surface area contributed by atoms with Crippen molar-refractivity contribution in [2.75, 3.05) is 0 Å². The molecule has 0 saturated heterocycles. The number of hydrogen-bond acceptors (Lipinski definition) is 8. The summed E-state index contributed by atoms with van der Waals surface area (Å²) in [6.45, 7) is 4.50. The van der Waals surface area contributed by atoms with Gasteiger partial charge in [0.15, 0.2) is 29.0 Å². The van der Waals surface area contributed by atoms with E-state index in [1.54, 1.807) is 13.0 Å². The van der Waals surface area contributed by atoms with Crippen molar-refractivity contribution in [2.24, 2.45) is 5.84 Å². The third kappa shape index (κ3) is 10.2. The molecule has 0 aliphatic carbocycles. The average Bonchev–Trinajstić information content (AvgIpc) is 3.70. The highest BCUT2D eigenvalue weighted by molar-refractivity contribution is 6.75. The fourth-order valence-electron chi connectivity index (χ4n) is 5.89. The molecule has 5 aromatic rings. The van der Waals surface area contributed by atoms with E-state index < -0.39 is 29.2 Å². The molecule has 0 spiro atoms. The molecule has 2 aliphatic heterocycles. The molecule has 2 aromatic carbocycles. The summed E-state index contributed by atoms with van der Waals surface area (Å²) >= 11 is 0. The van der Waals surface area contributed by atoms with Crippen molar-refractivity contribution in [2.45, 2.75) is 85.7 Å². The number of carbonyl (C=O) groups excluding carboxylic acids is 1. The lowest BCUT2D eigenvalue weighted by atomic mass is 9.81. The SMILES string of the molecule is C.CC(=O)NN.Cc1nnc(-c2nc(-c3ccc(F)c(F)c3)n3c2CCCCC3)o1.O=C(O)c1nc(-c2ccc(F)c(F)c2)n2c1CCCCC2.[B][B]. The number of aromatic carboxylic acids is 1. The van der Waals surface area contributed by atoms with Gasteiger partial charge in [-0.25, -0.2) is 38.2 Å². The maximum Gasteiger partial charge on any atom is 0.356 e. The summed E-state index contributed by atoms with van der Waals surface area (Å²) in [7, 11) is 8.00. The van der Waals surface area contributed by atoms with Gasteiger partial charge in [0, 0.05) is 53.5 Å². The minimum absolute atomic E-state index is 0. The molecule has 0 unspecified atom stereocenters. The Labute approximate surface area is 307 Å². The van der Waals surface area contributed by atoms with Gasteiger partial charge in [0.25, 0.3) is 5.89 Å². The van der Waals surface area contributed by atoms with Gasteiger partial charge in [-0.1, -0.05) is 20.3 Å². The number of rotatable bonds is 4. The van der Waals surface area contributed by atoms with Crippen LogP contribution in [0.15, 0.2) is 40.8 Å². The number of nitrogens with one attached hydrogen (secondary N) is 1. The van der Waals surface area contributed by atoms with E-state index in [2.05, 4.69) is 46.0 Å². The zero-order valence-electron chi connectivity index (χ0n) is 28.6. The van der Waals surface area contributed by atoms with Gasteiger partial charge >= 0.3 is 5.97 Å². The maximum absolute atomic E-state index is 13.7. The monoisotopic (exact) mass is 734 g/mol. The smallest absolute Gasteiger partial charge is 0.356 e. The minimum atomic E-state index is -1.09. The van der Waals surface area contributed by atoms with Crippen LogP contribution in [-0.2, 0) is 30.7 Å². The van der Waals surface area contributed by atoms with Crippen LogP contribution >= 0.6 is 0 Å². The largest absolute Gasteiger partial charge is 0.476 e. The summed E-state index contributed by atoms with van der Waals surface area (Å²) in [5, 5.41) is 17.2. The van der Waals surface area contributed by atoms with E-state index in [1.165, 1.54) is 19.1 Å². The first kappa shape index (κ1) is 42.2. The quantitative estimate of drug-likeness (QED) is 0.0656. The number of carboxylic acid groups (broad SMARTS) is 1. The van der Waals surface area contributed by atoms with Crippen molar-refractivity contribution in [1.82, 2.24) is 34.7 Å². The highest BCUT2D eigenvalue weighted by atomic mass is 19.2.